The third-order valence-corrected chi connectivity index (χ3v) is 4.52. The molecule has 2 aromatic carbocycles. The molecule has 2 N–H and O–H groups in total. The summed E-state index contributed by atoms with van der Waals surface area (Å²) in [6.45, 7) is 9.07. The summed E-state index contributed by atoms with van der Waals surface area (Å²) in [5.74, 6) is 1.83. The Morgan fingerprint density at radius 2 is 1.79 bits per heavy atom. The Balaban J connectivity index is 1.87. The topological polar surface area (TPSA) is 59.6 Å². The van der Waals surface area contributed by atoms with Crippen LogP contribution < -0.4 is 20.1 Å². The second-order valence-electron chi connectivity index (χ2n) is 7.33. The molecule has 0 bridgehead atoms. The molecule has 0 saturated heterocycles. The summed E-state index contributed by atoms with van der Waals surface area (Å²) in [5.41, 5.74) is 1.27. The fraction of sp³-hybridized carbons (Fsp3) is 0.391. The number of anilines is 1. The number of rotatable bonds is 9. The van der Waals surface area contributed by atoms with E-state index >= 15 is 0 Å². The van der Waals surface area contributed by atoms with Gasteiger partial charge in [-0.1, -0.05) is 26.8 Å². The number of hydrogen-bond acceptors (Lipinski definition) is 4. The molecule has 0 aromatic heterocycles. The summed E-state index contributed by atoms with van der Waals surface area (Å²) in [5, 5.41) is 5.94. The molecule has 2 rings (SSSR count). The van der Waals surface area contributed by atoms with Crippen molar-refractivity contribution in [2.45, 2.75) is 46.6 Å². The SMILES string of the molecule is CCC(C)Oc1cccc(NC(=S)NC(=O)c2ccc(OCCC(C)C)cc2)c1. The number of ether oxygens (including phenoxy) is 2. The van der Waals surface area contributed by atoms with E-state index in [2.05, 4.69) is 31.4 Å². The minimum atomic E-state index is -0.275. The van der Waals surface area contributed by atoms with Crippen molar-refractivity contribution in [3.63, 3.8) is 0 Å². The first kappa shape index (κ1) is 22.7. The van der Waals surface area contributed by atoms with Crippen LogP contribution in [0.5, 0.6) is 11.5 Å². The zero-order valence-corrected chi connectivity index (χ0v) is 18.3. The van der Waals surface area contributed by atoms with E-state index in [1.807, 2.05) is 31.2 Å². The molecule has 0 aliphatic carbocycles. The fourth-order valence-corrected chi connectivity index (χ4v) is 2.63. The first-order valence-corrected chi connectivity index (χ1v) is 10.4. The van der Waals surface area contributed by atoms with Crippen LogP contribution in [-0.4, -0.2) is 23.7 Å². The van der Waals surface area contributed by atoms with Gasteiger partial charge in [0.1, 0.15) is 11.5 Å². The lowest BCUT2D eigenvalue weighted by Gasteiger charge is -2.14. The average Bonchev–Trinajstić information content (AvgIpc) is 2.68. The Morgan fingerprint density at radius 3 is 2.45 bits per heavy atom. The van der Waals surface area contributed by atoms with Gasteiger partial charge in [0, 0.05) is 17.3 Å². The predicted molar refractivity (Wildman–Crippen MR) is 122 cm³/mol. The Morgan fingerprint density at radius 1 is 1.07 bits per heavy atom. The van der Waals surface area contributed by atoms with Gasteiger partial charge in [-0.2, -0.15) is 0 Å². The monoisotopic (exact) mass is 414 g/mol. The molecule has 2 aromatic rings. The maximum Gasteiger partial charge on any atom is 0.257 e. The lowest BCUT2D eigenvalue weighted by atomic mass is 10.1. The van der Waals surface area contributed by atoms with Crippen LogP contribution in [0.15, 0.2) is 48.5 Å². The summed E-state index contributed by atoms with van der Waals surface area (Å²) < 4.78 is 11.5. The van der Waals surface area contributed by atoms with Gasteiger partial charge in [-0.25, -0.2) is 0 Å². The highest BCUT2D eigenvalue weighted by Gasteiger charge is 2.09. The molecule has 0 spiro atoms. The summed E-state index contributed by atoms with van der Waals surface area (Å²) in [4.78, 5) is 12.4. The predicted octanol–water partition coefficient (Wildman–Crippen LogP) is 5.42. The standard InChI is InChI=1S/C23H30N2O3S/c1-5-17(4)28-21-8-6-7-19(15-21)24-23(29)25-22(26)18-9-11-20(12-10-18)27-14-13-16(2)3/h6-12,15-17H,5,13-14H2,1-4H3,(H2,24,25,26,29). The summed E-state index contributed by atoms with van der Waals surface area (Å²) in [6, 6.07) is 14.5. The van der Waals surface area contributed by atoms with Crippen LogP contribution in [0.1, 0.15) is 50.9 Å². The van der Waals surface area contributed by atoms with E-state index in [4.69, 9.17) is 21.7 Å². The Bertz CT molecular complexity index is 806. The van der Waals surface area contributed by atoms with Crippen molar-refractivity contribution in [3.8, 4) is 11.5 Å². The number of thiocarbonyl (C=S) groups is 1. The molecule has 0 saturated carbocycles. The van der Waals surface area contributed by atoms with E-state index in [1.54, 1.807) is 24.3 Å². The second kappa shape index (κ2) is 11.4. The van der Waals surface area contributed by atoms with Gasteiger partial charge < -0.3 is 14.8 Å². The molecule has 1 unspecified atom stereocenters. The van der Waals surface area contributed by atoms with E-state index < -0.39 is 0 Å². The highest BCUT2D eigenvalue weighted by Crippen LogP contribution is 2.19. The molecule has 0 aliphatic rings. The van der Waals surface area contributed by atoms with Crippen molar-refractivity contribution in [2.75, 3.05) is 11.9 Å². The van der Waals surface area contributed by atoms with Crippen LogP contribution in [0.25, 0.3) is 0 Å². The molecular formula is C23H30N2O3S. The highest BCUT2D eigenvalue weighted by atomic mass is 32.1. The summed E-state index contributed by atoms with van der Waals surface area (Å²) in [7, 11) is 0. The molecule has 5 nitrogen and oxygen atoms in total. The first-order valence-electron chi connectivity index (χ1n) is 9.99. The quantitative estimate of drug-likeness (QED) is 0.537. The lowest BCUT2D eigenvalue weighted by molar-refractivity contribution is 0.0977. The van der Waals surface area contributed by atoms with Gasteiger partial charge in [-0.15, -0.1) is 0 Å². The van der Waals surface area contributed by atoms with E-state index in [1.165, 1.54) is 0 Å². The van der Waals surface area contributed by atoms with Crippen molar-refractivity contribution >= 4 is 28.9 Å². The van der Waals surface area contributed by atoms with Gasteiger partial charge in [0.15, 0.2) is 5.11 Å². The molecule has 6 heteroatoms. The van der Waals surface area contributed by atoms with Gasteiger partial charge in [0.05, 0.1) is 12.7 Å². The number of carbonyl (C=O) groups excluding carboxylic acids is 1. The molecule has 0 fully saturated rings. The maximum absolute atomic E-state index is 12.4. The number of amides is 1. The van der Waals surface area contributed by atoms with E-state index in [9.17, 15) is 4.79 Å². The molecule has 0 radical (unpaired) electrons. The number of hydrogen-bond donors (Lipinski definition) is 2. The summed E-state index contributed by atoms with van der Waals surface area (Å²) >= 11 is 5.27. The smallest absolute Gasteiger partial charge is 0.257 e. The summed E-state index contributed by atoms with van der Waals surface area (Å²) in [6.07, 6.45) is 2.05. The Kier molecular flexibility index (Phi) is 8.93. The van der Waals surface area contributed by atoms with Gasteiger partial charge >= 0.3 is 0 Å². The third-order valence-electron chi connectivity index (χ3n) is 4.31. The van der Waals surface area contributed by atoms with Crippen LogP contribution >= 0.6 is 12.2 Å². The van der Waals surface area contributed by atoms with Gasteiger partial charge in [-0.3, -0.25) is 10.1 Å². The average molecular weight is 415 g/mol. The molecule has 1 amide bonds. The zero-order chi connectivity index (χ0) is 21.2. The van der Waals surface area contributed by atoms with Gasteiger partial charge in [0.2, 0.25) is 0 Å². The van der Waals surface area contributed by atoms with Crippen molar-refractivity contribution in [3.05, 3.63) is 54.1 Å². The van der Waals surface area contributed by atoms with Crippen LogP contribution in [0.3, 0.4) is 0 Å². The minimum Gasteiger partial charge on any atom is -0.494 e. The van der Waals surface area contributed by atoms with Crippen molar-refractivity contribution in [1.82, 2.24) is 5.32 Å². The molecule has 0 heterocycles. The Hall–Kier alpha value is -2.60. The van der Waals surface area contributed by atoms with Gasteiger partial charge in [-0.05, 0) is 74.3 Å². The zero-order valence-electron chi connectivity index (χ0n) is 17.5. The van der Waals surface area contributed by atoms with Crippen molar-refractivity contribution in [1.29, 1.82) is 0 Å². The van der Waals surface area contributed by atoms with E-state index in [0.29, 0.717) is 18.1 Å². The largest absolute Gasteiger partial charge is 0.494 e. The maximum atomic E-state index is 12.4. The lowest BCUT2D eigenvalue weighted by Crippen LogP contribution is -2.34. The van der Waals surface area contributed by atoms with Crippen molar-refractivity contribution < 1.29 is 14.3 Å². The molecular weight excluding hydrogens is 384 g/mol. The van der Waals surface area contributed by atoms with Crippen molar-refractivity contribution in [2.24, 2.45) is 5.92 Å². The van der Waals surface area contributed by atoms with E-state index in [-0.39, 0.29) is 17.1 Å². The fourth-order valence-electron chi connectivity index (χ4n) is 2.42. The van der Waals surface area contributed by atoms with Gasteiger partial charge in [0.25, 0.3) is 5.91 Å². The molecule has 0 aliphatic heterocycles. The molecule has 156 valence electrons. The normalized spacial score (nSPS) is 11.6. The number of carbonyl (C=O) groups is 1. The minimum absolute atomic E-state index is 0.134. The molecule has 1 atom stereocenters. The second-order valence-corrected chi connectivity index (χ2v) is 7.74. The van der Waals surface area contributed by atoms with Crippen LogP contribution in [0, 0.1) is 5.92 Å². The first-order chi connectivity index (χ1) is 13.9. The number of nitrogens with one attached hydrogen (secondary N) is 2. The Labute approximate surface area is 178 Å². The molecule has 29 heavy (non-hydrogen) atoms. The van der Waals surface area contributed by atoms with Crippen LogP contribution in [-0.2, 0) is 0 Å². The van der Waals surface area contributed by atoms with Crippen LogP contribution in [0.4, 0.5) is 5.69 Å². The highest BCUT2D eigenvalue weighted by molar-refractivity contribution is 7.80. The van der Waals surface area contributed by atoms with Crippen LogP contribution in [0.2, 0.25) is 0 Å². The van der Waals surface area contributed by atoms with E-state index in [0.717, 1.165) is 30.0 Å². The number of benzene rings is 2. The third kappa shape index (κ3) is 8.11.